The summed E-state index contributed by atoms with van der Waals surface area (Å²) >= 11 is 0. The Hall–Kier alpha value is -1.31. The second-order valence-electron chi connectivity index (χ2n) is 3.01. The van der Waals surface area contributed by atoms with Crippen molar-refractivity contribution in [1.82, 2.24) is 0 Å². The summed E-state index contributed by atoms with van der Waals surface area (Å²) in [5.41, 5.74) is 2.48. The van der Waals surface area contributed by atoms with Crippen LogP contribution < -0.4 is 5.46 Å². The molecule has 0 atom stereocenters. The zero-order valence-corrected chi connectivity index (χ0v) is 7.57. The third-order valence-electron chi connectivity index (χ3n) is 1.98. The highest BCUT2D eigenvalue weighted by atomic mass is 16.4. The lowest BCUT2D eigenvalue weighted by Crippen LogP contribution is -2.34. The minimum absolute atomic E-state index is 0.485. The van der Waals surface area contributed by atoms with Crippen LogP contribution in [0, 0.1) is 25.2 Å². The number of aryl methyl sites for hydroxylation is 2. The van der Waals surface area contributed by atoms with E-state index < -0.39 is 7.12 Å². The highest BCUT2D eigenvalue weighted by molar-refractivity contribution is 6.59. The Morgan fingerprint density at radius 2 is 1.69 bits per heavy atom. The van der Waals surface area contributed by atoms with Gasteiger partial charge in [0.15, 0.2) is 0 Å². The molecule has 0 heterocycles. The van der Waals surface area contributed by atoms with Crippen molar-refractivity contribution in [3.8, 4) is 6.07 Å². The second kappa shape index (κ2) is 3.61. The second-order valence-corrected chi connectivity index (χ2v) is 3.01. The number of nitriles is 1. The van der Waals surface area contributed by atoms with Crippen molar-refractivity contribution in [2.45, 2.75) is 13.8 Å². The van der Waals surface area contributed by atoms with Crippen LogP contribution in [0.1, 0.15) is 16.7 Å². The lowest BCUT2D eigenvalue weighted by atomic mass is 9.74. The highest BCUT2D eigenvalue weighted by Gasteiger charge is 2.17. The van der Waals surface area contributed by atoms with E-state index in [1.165, 1.54) is 0 Å². The Labute approximate surface area is 77.4 Å². The van der Waals surface area contributed by atoms with Gasteiger partial charge in [-0.2, -0.15) is 5.26 Å². The van der Waals surface area contributed by atoms with Crippen molar-refractivity contribution in [3.05, 3.63) is 28.8 Å². The fraction of sp³-hybridized carbons (Fsp3) is 0.222. The molecular weight excluding hydrogens is 165 g/mol. The Morgan fingerprint density at radius 3 is 2.00 bits per heavy atom. The molecule has 4 heteroatoms. The average Bonchev–Trinajstić information content (AvgIpc) is 2.02. The first-order valence-electron chi connectivity index (χ1n) is 3.93. The largest absolute Gasteiger partial charge is 0.488 e. The molecule has 13 heavy (non-hydrogen) atoms. The molecule has 0 aliphatic rings. The van der Waals surface area contributed by atoms with Gasteiger partial charge in [0.2, 0.25) is 0 Å². The van der Waals surface area contributed by atoms with E-state index in [0.29, 0.717) is 11.0 Å². The zero-order chi connectivity index (χ0) is 10.0. The van der Waals surface area contributed by atoms with Gasteiger partial charge in [-0.1, -0.05) is 0 Å². The van der Waals surface area contributed by atoms with E-state index in [9.17, 15) is 0 Å². The lowest BCUT2D eigenvalue weighted by molar-refractivity contribution is 0.425. The van der Waals surface area contributed by atoms with Gasteiger partial charge in [-0.05, 0) is 42.6 Å². The molecule has 0 aliphatic carbocycles. The molecule has 0 amide bonds. The van der Waals surface area contributed by atoms with Crippen molar-refractivity contribution in [2.75, 3.05) is 0 Å². The summed E-state index contributed by atoms with van der Waals surface area (Å²) in [4.78, 5) is 0. The van der Waals surface area contributed by atoms with Crippen molar-refractivity contribution < 1.29 is 10.0 Å². The van der Waals surface area contributed by atoms with Crippen LogP contribution in [0.5, 0.6) is 0 Å². The van der Waals surface area contributed by atoms with Gasteiger partial charge in [0.25, 0.3) is 0 Å². The fourth-order valence-electron chi connectivity index (χ4n) is 1.45. The molecule has 0 fully saturated rings. The van der Waals surface area contributed by atoms with Crippen LogP contribution in [-0.4, -0.2) is 17.2 Å². The molecule has 0 radical (unpaired) electrons. The zero-order valence-electron chi connectivity index (χ0n) is 7.57. The molecule has 0 aromatic heterocycles. The maximum Gasteiger partial charge on any atom is 0.488 e. The molecule has 1 rings (SSSR count). The summed E-state index contributed by atoms with van der Waals surface area (Å²) in [6.07, 6.45) is 0. The summed E-state index contributed by atoms with van der Waals surface area (Å²) in [6.45, 7) is 3.51. The van der Waals surface area contributed by atoms with E-state index in [1.54, 1.807) is 26.0 Å². The van der Waals surface area contributed by atoms with Crippen LogP contribution in [0.15, 0.2) is 12.1 Å². The maximum atomic E-state index is 9.02. The summed E-state index contributed by atoms with van der Waals surface area (Å²) < 4.78 is 0. The van der Waals surface area contributed by atoms with Gasteiger partial charge >= 0.3 is 7.12 Å². The molecule has 2 N–H and O–H groups in total. The third-order valence-corrected chi connectivity index (χ3v) is 1.98. The van der Waals surface area contributed by atoms with Crippen LogP contribution in [0.3, 0.4) is 0 Å². The molecule has 1 aromatic rings. The number of hydrogen-bond donors (Lipinski definition) is 2. The number of nitrogens with zero attached hydrogens (tertiary/aromatic N) is 1. The van der Waals surface area contributed by atoms with Gasteiger partial charge < -0.3 is 10.0 Å². The van der Waals surface area contributed by atoms with Crippen LogP contribution in [0.25, 0.3) is 0 Å². The standard InChI is InChI=1S/C9H10BNO2/c1-6-3-8(5-11)4-7(2)9(6)10(12)13/h3-4,12-13H,1-2H3. The van der Waals surface area contributed by atoms with Crippen molar-refractivity contribution in [2.24, 2.45) is 0 Å². The number of rotatable bonds is 1. The van der Waals surface area contributed by atoms with E-state index in [0.717, 1.165) is 11.1 Å². The Balaban J connectivity index is 3.33. The molecule has 1 aromatic carbocycles. The molecule has 0 aliphatic heterocycles. The molecular formula is C9H10BNO2. The van der Waals surface area contributed by atoms with E-state index in [-0.39, 0.29) is 0 Å². The van der Waals surface area contributed by atoms with Gasteiger partial charge in [0.1, 0.15) is 0 Å². The molecule has 66 valence electrons. The van der Waals surface area contributed by atoms with E-state index in [2.05, 4.69) is 0 Å². The van der Waals surface area contributed by atoms with E-state index in [1.807, 2.05) is 6.07 Å². The third kappa shape index (κ3) is 1.89. The summed E-state index contributed by atoms with van der Waals surface area (Å²) in [7, 11) is -1.47. The molecule has 0 unspecified atom stereocenters. The molecule has 0 saturated carbocycles. The topological polar surface area (TPSA) is 64.2 Å². The van der Waals surface area contributed by atoms with Crippen LogP contribution >= 0.6 is 0 Å². The minimum Gasteiger partial charge on any atom is -0.423 e. The quantitative estimate of drug-likeness (QED) is 0.583. The first-order valence-corrected chi connectivity index (χ1v) is 3.93. The van der Waals surface area contributed by atoms with E-state index >= 15 is 0 Å². The Morgan fingerprint density at radius 1 is 1.23 bits per heavy atom. The smallest absolute Gasteiger partial charge is 0.423 e. The first kappa shape index (κ1) is 9.78. The van der Waals surface area contributed by atoms with Gasteiger partial charge in [-0.15, -0.1) is 0 Å². The Bertz CT molecular complexity index is 345. The van der Waals surface area contributed by atoms with Crippen molar-refractivity contribution >= 4 is 12.6 Å². The predicted octanol–water partition coefficient (Wildman–Crippen LogP) is -0.145. The van der Waals surface area contributed by atoms with Gasteiger partial charge in [0, 0.05) is 0 Å². The van der Waals surface area contributed by atoms with Crippen LogP contribution in [-0.2, 0) is 0 Å². The molecule has 0 bridgehead atoms. The fourth-order valence-corrected chi connectivity index (χ4v) is 1.45. The maximum absolute atomic E-state index is 9.02. The molecule has 0 saturated heterocycles. The number of benzene rings is 1. The summed E-state index contributed by atoms with van der Waals surface area (Å²) in [5, 5.41) is 26.7. The van der Waals surface area contributed by atoms with Gasteiger partial charge in [0.05, 0.1) is 11.6 Å². The van der Waals surface area contributed by atoms with Gasteiger partial charge in [-0.25, -0.2) is 0 Å². The van der Waals surface area contributed by atoms with Crippen LogP contribution in [0.4, 0.5) is 0 Å². The molecule has 0 spiro atoms. The minimum atomic E-state index is -1.47. The summed E-state index contributed by atoms with van der Waals surface area (Å²) in [5.74, 6) is 0. The average molecular weight is 175 g/mol. The van der Waals surface area contributed by atoms with Gasteiger partial charge in [-0.3, -0.25) is 0 Å². The monoisotopic (exact) mass is 175 g/mol. The summed E-state index contributed by atoms with van der Waals surface area (Å²) in [6, 6.07) is 5.29. The lowest BCUT2D eigenvalue weighted by Gasteiger charge is -2.08. The predicted molar refractivity (Wildman–Crippen MR) is 50.5 cm³/mol. The SMILES string of the molecule is Cc1cc(C#N)cc(C)c1B(O)O. The highest BCUT2D eigenvalue weighted by Crippen LogP contribution is 2.06. The normalized spacial score (nSPS) is 9.46. The molecule has 3 nitrogen and oxygen atoms in total. The number of hydrogen-bond acceptors (Lipinski definition) is 3. The van der Waals surface area contributed by atoms with E-state index in [4.69, 9.17) is 15.3 Å². The van der Waals surface area contributed by atoms with Crippen molar-refractivity contribution in [3.63, 3.8) is 0 Å². The Kier molecular flexibility index (Phi) is 2.71. The first-order chi connectivity index (χ1) is 6.06. The van der Waals surface area contributed by atoms with Crippen LogP contribution in [0.2, 0.25) is 0 Å². The van der Waals surface area contributed by atoms with Crippen molar-refractivity contribution in [1.29, 1.82) is 5.26 Å².